The number of aryl methyl sites for hydroxylation is 2. The van der Waals surface area contributed by atoms with Gasteiger partial charge in [-0.2, -0.15) is 5.26 Å². The Hall–Kier alpha value is -3.45. The molecule has 0 spiro atoms. The van der Waals surface area contributed by atoms with Crippen LogP contribution >= 0.6 is 11.6 Å². The highest BCUT2D eigenvalue weighted by molar-refractivity contribution is 7.89. The average Bonchev–Trinajstić information content (AvgIpc) is 2.73. The maximum atomic E-state index is 15.2. The van der Waals surface area contributed by atoms with E-state index in [9.17, 15) is 13.2 Å². The number of carbonyl (C=O) groups is 1. The van der Waals surface area contributed by atoms with Crippen LogP contribution < -0.4 is 15.2 Å². The Morgan fingerprint density at radius 1 is 1.15 bits per heavy atom. The molecule has 0 unspecified atom stereocenters. The van der Waals surface area contributed by atoms with Crippen molar-refractivity contribution in [2.24, 2.45) is 5.14 Å². The van der Waals surface area contributed by atoms with E-state index in [4.69, 9.17) is 26.7 Å². The molecule has 0 bridgehead atoms. The number of hydrogen-bond donors (Lipinski definition) is 2. The maximum absolute atomic E-state index is 15.2. The van der Waals surface area contributed by atoms with Gasteiger partial charge in [-0.3, -0.25) is 4.79 Å². The van der Waals surface area contributed by atoms with Gasteiger partial charge >= 0.3 is 0 Å². The molecule has 3 aromatic carbocycles. The van der Waals surface area contributed by atoms with E-state index in [1.165, 1.54) is 42.5 Å². The van der Waals surface area contributed by atoms with Crippen molar-refractivity contribution in [1.29, 1.82) is 5.26 Å². The molecule has 0 aliphatic rings. The summed E-state index contributed by atoms with van der Waals surface area (Å²) in [5.74, 6) is -1.12. The summed E-state index contributed by atoms with van der Waals surface area (Å²) in [5.41, 5.74) is 1.70. The molecule has 33 heavy (non-hydrogen) atoms. The lowest BCUT2D eigenvalue weighted by molar-refractivity contribution is -0.115. The van der Waals surface area contributed by atoms with Crippen molar-refractivity contribution in [3.63, 3.8) is 0 Å². The lowest BCUT2D eigenvalue weighted by Gasteiger charge is -2.14. The third-order valence-electron chi connectivity index (χ3n) is 4.75. The zero-order valence-corrected chi connectivity index (χ0v) is 19.2. The summed E-state index contributed by atoms with van der Waals surface area (Å²) < 4.78 is 43.7. The molecule has 3 aromatic rings. The summed E-state index contributed by atoms with van der Waals surface area (Å²) in [5, 5.41) is 17.1. The molecule has 1 amide bonds. The van der Waals surface area contributed by atoms with Gasteiger partial charge in [-0.15, -0.1) is 0 Å². The van der Waals surface area contributed by atoms with Crippen LogP contribution in [0.3, 0.4) is 0 Å². The number of nitrogens with one attached hydrogen (secondary N) is 1. The molecular formula is C23H19ClFN3O4S. The van der Waals surface area contributed by atoms with Gasteiger partial charge in [0.1, 0.15) is 5.75 Å². The van der Waals surface area contributed by atoms with E-state index in [1.807, 2.05) is 6.07 Å². The van der Waals surface area contributed by atoms with Gasteiger partial charge in [0.05, 0.1) is 22.9 Å². The van der Waals surface area contributed by atoms with Crippen LogP contribution in [-0.4, -0.2) is 14.3 Å². The lowest BCUT2D eigenvalue weighted by Crippen LogP contribution is -2.17. The average molecular weight is 488 g/mol. The minimum Gasteiger partial charge on any atom is -0.454 e. The van der Waals surface area contributed by atoms with Crippen LogP contribution in [-0.2, 0) is 21.2 Å². The molecule has 0 atom stereocenters. The normalized spacial score (nSPS) is 11.0. The monoisotopic (exact) mass is 487 g/mol. The number of sulfonamides is 1. The summed E-state index contributed by atoms with van der Waals surface area (Å²) in [4.78, 5) is 12.5. The van der Waals surface area contributed by atoms with Crippen molar-refractivity contribution in [3.8, 4) is 17.6 Å². The smallest absolute Gasteiger partial charge is 0.238 e. The van der Waals surface area contributed by atoms with Crippen molar-refractivity contribution in [1.82, 2.24) is 0 Å². The minimum atomic E-state index is -3.87. The first-order chi connectivity index (χ1) is 15.5. The second kappa shape index (κ2) is 9.58. The quantitative estimate of drug-likeness (QED) is 0.526. The molecule has 0 aromatic heterocycles. The van der Waals surface area contributed by atoms with Crippen LogP contribution in [0.2, 0.25) is 5.02 Å². The SMILES string of the molecule is Cc1cc(S(N)(=O)=O)ccc1NC(=O)Cc1ccc(C)c(Oc2cc(Cl)cc(C#N)c2)c1F. The van der Waals surface area contributed by atoms with E-state index in [-0.39, 0.29) is 39.0 Å². The minimum absolute atomic E-state index is 0.0788. The molecule has 10 heteroatoms. The first kappa shape index (κ1) is 24.2. The molecule has 0 heterocycles. The van der Waals surface area contributed by atoms with E-state index >= 15 is 4.39 Å². The highest BCUT2D eigenvalue weighted by Gasteiger charge is 2.18. The van der Waals surface area contributed by atoms with Gasteiger partial charge < -0.3 is 10.1 Å². The molecule has 0 radical (unpaired) electrons. The fraction of sp³-hybridized carbons (Fsp3) is 0.130. The largest absolute Gasteiger partial charge is 0.454 e. The second-order valence-electron chi connectivity index (χ2n) is 7.32. The fourth-order valence-corrected chi connectivity index (χ4v) is 3.90. The fourth-order valence-electron chi connectivity index (χ4n) is 3.08. The third kappa shape index (κ3) is 5.87. The van der Waals surface area contributed by atoms with E-state index in [1.54, 1.807) is 19.9 Å². The Morgan fingerprint density at radius 2 is 1.88 bits per heavy atom. The number of primary sulfonamides is 1. The number of nitrogens with zero attached hydrogens (tertiary/aromatic N) is 1. The van der Waals surface area contributed by atoms with Crippen LogP contribution in [0.1, 0.15) is 22.3 Å². The van der Waals surface area contributed by atoms with Crippen molar-refractivity contribution in [2.75, 3.05) is 5.32 Å². The van der Waals surface area contributed by atoms with Crippen LogP contribution in [0, 0.1) is 31.0 Å². The van der Waals surface area contributed by atoms with Crippen molar-refractivity contribution in [3.05, 3.63) is 81.6 Å². The molecule has 0 fully saturated rings. The van der Waals surface area contributed by atoms with Crippen LogP contribution in [0.4, 0.5) is 10.1 Å². The molecule has 3 rings (SSSR count). The van der Waals surface area contributed by atoms with Crippen molar-refractivity contribution in [2.45, 2.75) is 25.2 Å². The molecule has 7 nitrogen and oxygen atoms in total. The Bertz CT molecular complexity index is 1400. The van der Waals surface area contributed by atoms with Crippen molar-refractivity contribution < 1.29 is 22.3 Å². The zero-order valence-electron chi connectivity index (χ0n) is 17.6. The predicted octanol–water partition coefficient (Wildman–Crippen LogP) is 4.59. The molecule has 170 valence electrons. The molecular weight excluding hydrogens is 469 g/mol. The molecule has 0 aliphatic carbocycles. The number of nitrogens with two attached hydrogens (primary N) is 1. The van der Waals surface area contributed by atoms with Gasteiger partial charge in [0.25, 0.3) is 0 Å². The summed E-state index contributed by atoms with van der Waals surface area (Å²) in [6.45, 7) is 3.26. The van der Waals surface area contributed by atoms with Crippen LogP contribution in [0.15, 0.2) is 53.4 Å². The summed E-state index contributed by atoms with van der Waals surface area (Å²) in [6.07, 6.45) is -0.294. The Kier molecular flexibility index (Phi) is 7.03. The van der Waals surface area contributed by atoms with E-state index < -0.39 is 21.7 Å². The topological polar surface area (TPSA) is 122 Å². The van der Waals surface area contributed by atoms with E-state index in [0.717, 1.165) is 0 Å². The van der Waals surface area contributed by atoms with Crippen LogP contribution in [0.5, 0.6) is 11.5 Å². The summed E-state index contributed by atoms with van der Waals surface area (Å²) in [7, 11) is -3.87. The summed E-state index contributed by atoms with van der Waals surface area (Å²) in [6, 6.07) is 13.4. The number of halogens is 2. The predicted molar refractivity (Wildman–Crippen MR) is 122 cm³/mol. The number of rotatable bonds is 6. The molecule has 0 saturated heterocycles. The first-order valence-electron chi connectivity index (χ1n) is 9.57. The van der Waals surface area contributed by atoms with Gasteiger partial charge in [-0.25, -0.2) is 17.9 Å². The van der Waals surface area contributed by atoms with Gasteiger partial charge in [0.2, 0.25) is 15.9 Å². The second-order valence-corrected chi connectivity index (χ2v) is 9.32. The molecule has 0 aliphatic heterocycles. The molecule has 3 N–H and O–H groups in total. The van der Waals surface area contributed by atoms with Crippen molar-refractivity contribution >= 4 is 33.2 Å². The number of amides is 1. The maximum Gasteiger partial charge on any atom is 0.238 e. The Morgan fingerprint density at radius 3 is 2.52 bits per heavy atom. The zero-order chi connectivity index (χ0) is 24.3. The number of hydrogen-bond acceptors (Lipinski definition) is 5. The lowest BCUT2D eigenvalue weighted by atomic mass is 10.1. The van der Waals surface area contributed by atoms with E-state index in [0.29, 0.717) is 16.8 Å². The number of nitriles is 1. The highest BCUT2D eigenvalue weighted by Crippen LogP contribution is 2.32. The van der Waals surface area contributed by atoms with Gasteiger partial charge in [-0.05, 0) is 61.4 Å². The molecule has 0 saturated carbocycles. The van der Waals surface area contributed by atoms with E-state index in [2.05, 4.69) is 5.32 Å². The van der Waals surface area contributed by atoms with Gasteiger partial charge in [0, 0.05) is 16.3 Å². The van der Waals surface area contributed by atoms with Gasteiger partial charge in [0.15, 0.2) is 11.6 Å². The Balaban J connectivity index is 1.82. The third-order valence-corrected chi connectivity index (χ3v) is 5.87. The number of carbonyl (C=O) groups excluding carboxylic acids is 1. The first-order valence-corrected chi connectivity index (χ1v) is 11.5. The standard InChI is InChI=1S/C23H19ClFN3O4S/c1-13-3-4-16(22(25)23(13)32-18-9-15(12-26)8-17(24)11-18)10-21(29)28-20-6-5-19(7-14(20)2)33(27,30)31/h3-9,11H,10H2,1-2H3,(H,28,29)(H2,27,30,31). The van der Waals surface area contributed by atoms with Crippen LogP contribution in [0.25, 0.3) is 0 Å². The highest BCUT2D eigenvalue weighted by atomic mass is 35.5. The Labute approximate surface area is 195 Å². The summed E-state index contributed by atoms with van der Waals surface area (Å²) >= 11 is 5.98. The number of anilines is 1. The number of ether oxygens (including phenoxy) is 1. The van der Waals surface area contributed by atoms with Gasteiger partial charge in [-0.1, -0.05) is 23.7 Å². The number of benzene rings is 3.